The second-order valence-electron chi connectivity index (χ2n) is 4.24. The van der Waals surface area contributed by atoms with E-state index in [0.717, 1.165) is 15.4 Å². The molecule has 0 fully saturated rings. The summed E-state index contributed by atoms with van der Waals surface area (Å²) in [7, 11) is 0. The number of halogens is 1. The standard InChI is InChI=1S/C12H12BrN3O2/c1-7(2)15-12-9-4-3-8(13)5-10(9)14-6-11(12)16(17)18/h3-7H,1-2H3,(H,14,15). The van der Waals surface area contributed by atoms with E-state index in [0.29, 0.717) is 5.69 Å². The molecule has 0 spiro atoms. The number of rotatable bonds is 3. The predicted octanol–water partition coefficient (Wildman–Crippen LogP) is 3.73. The molecule has 0 saturated heterocycles. The van der Waals surface area contributed by atoms with E-state index >= 15 is 0 Å². The molecule has 0 saturated carbocycles. The number of fused-ring (bicyclic) bond motifs is 1. The Labute approximate surface area is 112 Å². The van der Waals surface area contributed by atoms with E-state index in [1.165, 1.54) is 6.20 Å². The van der Waals surface area contributed by atoms with Gasteiger partial charge in [0.05, 0.1) is 10.4 Å². The van der Waals surface area contributed by atoms with Crippen LogP contribution in [0.4, 0.5) is 11.4 Å². The van der Waals surface area contributed by atoms with Crippen molar-refractivity contribution in [1.29, 1.82) is 0 Å². The summed E-state index contributed by atoms with van der Waals surface area (Å²) in [6.07, 6.45) is 1.29. The van der Waals surface area contributed by atoms with Crippen molar-refractivity contribution in [3.8, 4) is 0 Å². The van der Waals surface area contributed by atoms with Gasteiger partial charge in [-0.1, -0.05) is 15.9 Å². The molecule has 0 unspecified atom stereocenters. The van der Waals surface area contributed by atoms with Crippen LogP contribution in [-0.2, 0) is 0 Å². The van der Waals surface area contributed by atoms with E-state index in [9.17, 15) is 10.1 Å². The number of benzene rings is 1. The minimum absolute atomic E-state index is 0.00137. The summed E-state index contributed by atoms with van der Waals surface area (Å²) in [6, 6.07) is 5.62. The van der Waals surface area contributed by atoms with Gasteiger partial charge in [-0.05, 0) is 32.0 Å². The maximum absolute atomic E-state index is 11.0. The van der Waals surface area contributed by atoms with Gasteiger partial charge in [0.15, 0.2) is 0 Å². The summed E-state index contributed by atoms with van der Waals surface area (Å²) in [5.74, 6) is 0. The normalized spacial score (nSPS) is 10.9. The first-order valence-corrected chi connectivity index (χ1v) is 6.27. The zero-order valence-corrected chi connectivity index (χ0v) is 11.6. The number of nitrogens with one attached hydrogen (secondary N) is 1. The van der Waals surface area contributed by atoms with E-state index < -0.39 is 4.92 Å². The van der Waals surface area contributed by atoms with Crippen LogP contribution in [0.5, 0.6) is 0 Å². The SMILES string of the molecule is CC(C)Nc1c([N+](=O)[O-])cnc2cc(Br)ccc12. The van der Waals surface area contributed by atoms with Gasteiger partial charge in [0.1, 0.15) is 11.9 Å². The Kier molecular flexibility index (Phi) is 3.47. The van der Waals surface area contributed by atoms with Gasteiger partial charge in [0.25, 0.3) is 0 Å². The van der Waals surface area contributed by atoms with Crippen LogP contribution in [0, 0.1) is 10.1 Å². The van der Waals surface area contributed by atoms with Crippen LogP contribution in [-0.4, -0.2) is 15.9 Å². The maximum Gasteiger partial charge on any atom is 0.311 e. The third-order valence-corrected chi connectivity index (χ3v) is 2.93. The minimum atomic E-state index is -0.417. The molecule has 0 bridgehead atoms. The van der Waals surface area contributed by atoms with Crippen LogP contribution in [0.25, 0.3) is 10.9 Å². The fourth-order valence-corrected chi connectivity index (χ4v) is 2.08. The largest absolute Gasteiger partial charge is 0.377 e. The van der Waals surface area contributed by atoms with Gasteiger partial charge in [-0.3, -0.25) is 10.1 Å². The molecule has 2 rings (SSSR count). The van der Waals surface area contributed by atoms with Gasteiger partial charge in [-0.25, -0.2) is 4.98 Å². The molecule has 1 heterocycles. The van der Waals surface area contributed by atoms with E-state index in [-0.39, 0.29) is 11.7 Å². The van der Waals surface area contributed by atoms with Gasteiger partial charge in [-0.15, -0.1) is 0 Å². The average molecular weight is 310 g/mol. The molecule has 5 nitrogen and oxygen atoms in total. The van der Waals surface area contributed by atoms with Crippen LogP contribution < -0.4 is 5.32 Å². The first-order valence-electron chi connectivity index (χ1n) is 5.48. The Morgan fingerprint density at radius 3 is 2.78 bits per heavy atom. The molecule has 18 heavy (non-hydrogen) atoms. The third kappa shape index (κ3) is 2.43. The highest BCUT2D eigenvalue weighted by atomic mass is 79.9. The first-order chi connectivity index (χ1) is 8.49. The molecule has 1 N–H and O–H groups in total. The molecular weight excluding hydrogens is 298 g/mol. The number of nitrogens with zero attached hydrogens (tertiary/aromatic N) is 2. The third-order valence-electron chi connectivity index (χ3n) is 2.44. The van der Waals surface area contributed by atoms with Crippen LogP contribution in [0.2, 0.25) is 0 Å². The molecule has 94 valence electrons. The fraction of sp³-hybridized carbons (Fsp3) is 0.250. The Morgan fingerprint density at radius 1 is 1.44 bits per heavy atom. The van der Waals surface area contributed by atoms with E-state index in [1.807, 2.05) is 32.0 Å². The van der Waals surface area contributed by atoms with Crippen LogP contribution in [0.3, 0.4) is 0 Å². The molecule has 2 aromatic rings. The summed E-state index contributed by atoms with van der Waals surface area (Å²) >= 11 is 3.36. The molecule has 0 amide bonds. The van der Waals surface area contributed by atoms with E-state index in [2.05, 4.69) is 26.2 Å². The van der Waals surface area contributed by atoms with Gasteiger partial charge in [-0.2, -0.15) is 0 Å². The molecular formula is C12H12BrN3O2. The van der Waals surface area contributed by atoms with Gasteiger partial charge >= 0.3 is 5.69 Å². The van der Waals surface area contributed by atoms with Crippen molar-refractivity contribution in [2.45, 2.75) is 19.9 Å². The highest BCUT2D eigenvalue weighted by Crippen LogP contribution is 2.33. The predicted molar refractivity (Wildman–Crippen MR) is 74.9 cm³/mol. The van der Waals surface area contributed by atoms with Gasteiger partial charge in [0.2, 0.25) is 0 Å². The summed E-state index contributed by atoms with van der Waals surface area (Å²) in [5, 5.41) is 14.9. The zero-order valence-electron chi connectivity index (χ0n) is 9.98. The van der Waals surface area contributed by atoms with Crippen molar-refractivity contribution in [3.05, 3.63) is 39.0 Å². The van der Waals surface area contributed by atoms with Gasteiger partial charge < -0.3 is 5.32 Å². The molecule has 0 atom stereocenters. The van der Waals surface area contributed by atoms with Gasteiger partial charge in [0, 0.05) is 15.9 Å². The zero-order chi connectivity index (χ0) is 13.3. The molecule has 6 heteroatoms. The number of hydrogen-bond donors (Lipinski definition) is 1. The number of hydrogen-bond acceptors (Lipinski definition) is 4. The quantitative estimate of drug-likeness (QED) is 0.693. The van der Waals surface area contributed by atoms with Crippen molar-refractivity contribution in [1.82, 2.24) is 4.98 Å². The maximum atomic E-state index is 11.0. The van der Waals surface area contributed by atoms with E-state index in [1.54, 1.807) is 0 Å². The molecule has 0 aliphatic rings. The number of pyridine rings is 1. The molecule has 0 aliphatic heterocycles. The Bertz CT molecular complexity index is 614. The summed E-state index contributed by atoms with van der Waals surface area (Å²) in [4.78, 5) is 14.7. The van der Waals surface area contributed by atoms with Crippen LogP contribution in [0.15, 0.2) is 28.9 Å². The van der Waals surface area contributed by atoms with Crippen molar-refractivity contribution >= 4 is 38.2 Å². The van der Waals surface area contributed by atoms with E-state index in [4.69, 9.17) is 0 Å². The Morgan fingerprint density at radius 2 is 2.17 bits per heavy atom. The number of anilines is 1. The van der Waals surface area contributed by atoms with Crippen molar-refractivity contribution in [3.63, 3.8) is 0 Å². The lowest BCUT2D eigenvalue weighted by atomic mass is 10.1. The number of nitro groups is 1. The second kappa shape index (κ2) is 4.89. The second-order valence-corrected chi connectivity index (χ2v) is 5.15. The summed E-state index contributed by atoms with van der Waals surface area (Å²) in [6.45, 7) is 3.88. The lowest BCUT2D eigenvalue weighted by Crippen LogP contribution is -2.12. The lowest BCUT2D eigenvalue weighted by Gasteiger charge is -2.12. The molecule has 1 aromatic heterocycles. The minimum Gasteiger partial charge on any atom is -0.377 e. The highest BCUT2D eigenvalue weighted by Gasteiger charge is 2.18. The Hall–Kier alpha value is -1.69. The number of aromatic nitrogens is 1. The fourth-order valence-electron chi connectivity index (χ4n) is 1.74. The van der Waals surface area contributed by atoms with Crippen LogP contribution >= 0.6 is 15.9 Å². The van der Waals surface area contributed by atoms with Crippen molar-refractivity contribution < 1.29 is 4.92 Å². The van der Waals surface area contributed by atoms with Crippen LogP contribution in [0.1, 0.15) is 13.8 Å². The lowest BCUT2D eigenvalue weighted by molar-refractivity contribution is -0.384. The summed E-state index contributed by atoms with van der Waals surface area (Å²) < 4.78 is 0.895. The smallest absolute Gasteiger partial charge is 0.311 e. The average Bonchev–Trinajstić information content (AvgIpc) is 2.27. The molecule has 1 aromatic carbocycles. The molecule has 0 aliphatic carbocycles. The topological polar surface area (TPSA) is 68.1 Å². The highest BCUT2D eigenvalue weighted by molar-refractivity contribution is 9.10. The van der Waals surface area contributed by atoms with Crippen molar-refractivity contribution in [2.24, 2.45) is 0 Å². The monoisotopic (exact) mass is 309 g/mol. The summed E-state index contributed by atoms with van der Waals surface area (Å²) in [5.41, 5.74) is 1.24. The van der Waals surface area contributed by atoms with Crippen molar-refractivity contribution in [2.75, 3.05) is 5.32 Å². The first kappa shape index (κ1) is 12.8. The molecule has 0 radical (unpaired) electrons. The Balaban J connectivity index is 2.72.